The fourth-order valence-corrected chi connectivity index (χ4v) is 3.37. The topological polar surface area (TPSA) is 135 Å². The number of carboxylic acid groups (broad SMARTS) is 1. The molecule has 0 saturated carbocycles. The average molecular weight is 428 g/mol. The second-order valence-electron chi connectivity index (χ2n) is 7.22. The molecule has 0 aliphatic carbocycles. The molecule has 0 radical (unpaired) electrons. The van der Waals surface area contributed by atoms with Crippen LogP contribution in [0.1, 0.15) is 34.5 Å². The number of benzene rings is 1. The lowest BCUT2D eigenvalue weighted by molar-refractivity contribution is -0.385. The highest BCUT2D eigenvalue weighted by atomic mass is 16.6. The number of carbonyl (C=O) groups excluding carboxylic acids is 1. The number of carbonyl (C=O) groups is 2. The normalized spacial score (nSPS) is 15.4. The van der Waals surface area contributed by atoms with E-state index in [4.69, 9.17) is 4.74 Å². The second kappa shape index (κ2) is 10.5. The standard InChI is InChI=1S/C21H24N4O6/c26-20(23-13-18-5-3-11-31-18)15-6-7-16(19(12-15)25(29)30)14-24(21(27)28)10-8-17-4-1-2-9-22-17/h1-2,4,6-7,9,12,18H,3,5,8,10-11,13-14H2,(H,23,26)(H,27,28). The number of nitrogens with zero attached hydrogens (tertiary/aromatic N) is 3. The van der Waals surface area contributed by atoms with Crippen LogP contribution in [0.5, 0.6) is 0 Å². The van der Waals surface area contributed by atoms with E-state index in [0.717, 1.165) is 23.4 Å². The SMILES string of the molecule is O=C(NCC1CCCO1)c1ccc(CN(CCc2ccccn2)C(=O)O)c([N+](=O)[O-])c1. The summed E-state index contributed by atoms with van der Waals surface area (Å²) in [4.78, 5) is 40.2. The van der Waals surface area contributed by atoms with Gasteiger partial charge in [-0.2, -0.15) is 0 Å². The molecule has 1 saturated heterocycles. The van der Waals surface area contributed by atoms with E-state index < -0.39 is 16.9 Å². The maximum Gasteiger partial charge on any atom is 0.407 e. The molecule has 10 heteroatoms. The molecule has 2 aromatic rings. The molecular weight excluding hydrogens is 404 g/mol. The first-order valence-electron chi connectivity index (χ1n) is 9.99. The van der Waals surface area contributed by atoms with E-state index in [1.807, 2.05) is 0 Å². The van der Waals surface area contributed by atoms with E-state index in [1.165, 1.54) is 18.2 Å². The van der Waals surface area contributed by atoms with Crippen LogP contribution < -0.4 is 5.32 Å². The van der Waals surface area contributed by atoms with Gasteiger partial charge >= 0.3 is 6.09 Å². The van der Waals surface area contributed by atoms with Crippen LogP contribution in [0.25, 0.3) is 0 Å². The van der Waals surface area contributed by atoms with Crippen molar-refractivity contribution in [1.82, 2.24) is 15.2 Å². The molecule has 1 aliphatic heterocycles. The zero-order chi connectivity index (χ0) is 22.2. The third-order valence-electron chi connectivity index (χ3n) is 5.05. The Morgan fingerprint density at radius 1 is 1.32 bits per heavy atom. The van der Waals surface area contributed by atoms with Crippen LogP contribution in [0.15, 0.2) is 42.6 Å². The molecule has 0 bridgehead atoms. The van der Waals surface area contributed by atoms with E-state index >= 15 is 0 Å². The maximum atomic E-state index is 12.4. The van der Waals surface area contributed by atoms with Crippen LogP contribution in [0, 0.1) is 10.1 Å². The Morgan fingerprint density at radius 3 is 2.81 bits per heavy atom. The number of nitro groups is 1. The number of ether oxygens (including phenoxy) is 1. The van der Waals surface area contributed by atoms with Crippen LogP contribution in [0.2, 0.25) is 0 Å². The van der Waals surface area contributed by atoms with Crippen LogP contribution in [0.3, 0.4) is 0 Å². The van der Waals surface area contributed by atoms with E-state index in [1.54, 1.807) is 24.4 Å². The minimum Gasteiger partial charge on any atom is -0.465 e. The van der Waals surface area contributed by atoms with Gasteiger partial charge in [0.1, 0.15) is 0 Å². The molecule has 3 rings (SSSR count). The summed E-state index contributed by atoms with van der Waals surface area (Å²) < 4.78 is 5.45. The van der Waals surface area contributed by atoms with Crippen LogP contribution in [-0.4, -0.2) is 57.7 Å². The van der Waals surface area contributed by atoms with Crippen molar-refractivity contribution in [1.29, 1.82) is 0 Å². The first-order chi connectivity index (χ1) is 14.9. The van der Waals surface area contributed by atoms with Gasteiger partial charge in [-0.15, -0.1) is 0 Å². The number of aromatic nitrogens is 1. The summed E-state index contributed by atoms with van der Waals surface area (Å²) in [5.41, 5.74) is 0.781. The first-order valence-corrected chi connectivity index (χ1v) is 9.99. The molecule has 10 nitrogen and oxygen atoms in total. The molecule has 31 heavy (non-hydrogen) atoms. The third-order valence-corrected chi connectivity index (χ3v) is 5.05. The number of nitro benzene ring substituents is 1. The average Bonchev–Trinajstić information content (AvgIpc) is 3.29. The van der Waals surface area contributed by atoms with Gasteiger partial charge in [-0.05, 0) is 37.1 Å². The third kappa shape index (κ3) is 6.22. The van der Waals surface area contributed by atoms with Gasteiger partial charge in [-0.25, -0.2) is 4.79 Å². The van der Waals surface area contributed by atoms with Gasteiger partial charge < -0.3 is 20.1 Å². The van der Waals surface area contributed by atoms with Crippen molar-refractivity contribution in [2.45, 2.75) is 31.9 Å². The Balaban J connectivity index is 1.69. The van der Waals surface area contributed by atoms with E-state index in [0.29, 0.717) is 19.6 Å². The van der Waals surface area contributed by atoms with Crippen molar-refractivity contribution in [3.05, 3.63) is 69.5 Å². The summed E-state index contributed by atoms with van der Waals surface area (Å²) in [5.74, 6) is -0.435. The number of amides is 2. The molecule has 2 N–H and O–H groups in total. The Kier molecular flexibility index (Phi) is 7.50. The van der Waals surface area contributed by atoms with Gasteiger partial charge in [0, 0.05) is 55.2 Å². The molecule has 1 aromatic carbocycles. The molecule has 1 aromatic heterocycles. The summed E-state index contributed by atoms with van der Waals surface area (Å²) in [6.45, 7) is 0.971. The van der Waals surface area contributed by atoms with Crippen molar-refractivity contribution in [3.8, 4) is 0 Å². The van der Waals surface area contributed by atoms with Crippen molar-refractivity contribution in [3.63, 3.8) is 0 Å². The minimum atomic E-state index is -1.19. The molecule has 1 unspecified atom stereocenters. The molecule has 2 heterocycles. The lowest BCUT2D eigenvalue weighted by atomic mass is 10.1. The molecule has 1 atom stereocenters. The van der Waals surface area contributed by atoms with Crippen molar-refractivity contribution >= 4 is 17.7 Å². The van der Waals surface area contributed by atoms with Gasteiger partial charge in [-0.1, -0.05) is 6.07 Å². The molecule has 1 fully saturated rings. The van der Waals surface area contributed by atoms with Crippen LogP contribution >= 0.6 is 0 Å². The lowest BCUT2D eigenvalue weighted by Gasteiger charge is -2.19. The van der Waals surface area contributed by atoms with Gasteiger partial charge in [0.15, 0.2) is 0 Å². The largest absolute Gasteiger partial charge is 0.465 e. The van der Waals surface area contributed by atoms with E-state index in [2.05, 4.69) is 10.3 Å². The highest BCUT2D eigenvalue weighted by molar-refractivity contribution is 5.95. The maximum absolute atomic E-state index is 12.4. The molecular formula is C21H24N4O6. The summed E-state index contributed by atoms with van der Waals surface area (Å²) in [5, 5.41) is 23.8. The monoisotopic (exact) mass is 428 g/mol. The van der Waals surface area contributed by atoms with E-state index in [-0.39, 0.29) is 36.0 Å². The molecule has 164 valence electrons. The Morgan fingerprint density at radius 2 is 2.16 bits per heavy atom. The van der Waals surface area contributed by atoms with Crippen LogP contribution in [0.4, 0.5) is 10.5 Å². The fourth-order valence-electron chi connectivity index (χ4n) is 3.37. The second-order valence-corrected chi connectivity index (χ2v) is 7.22. The van der Waals surface area contributed by atoms with Gasteiger partial charge in [0.2, 0.25) is 0 Å². The quantitative estimate of drug-likeness (QED) is 0.463. The Labute approximate surface area is 179 Å². The van der Waals surface area contributed by atoms with Gasteiger partial charge in [0.25, 0.3) is 11.6 Å². The number of hydrogen-bond donors (Lipinski definition) is 2. The van der Waals surface area contributed by atoms with E-state index in [9.17, 15) is 24.8 Å². The highest BCUT2D eigenvalue weighted by Crippen LogP contribution is 2.23. The first kappa shape index (κ1) is 22.2. The van der Waals surface area contributed by atoms with Crippen molar-refractivity contribution in [2.24, 2.45) is 0 Å². The van der Waals surface area contributed by atoms with Gasteiger partial charge in [0.05, 0.1) is 17.6 Å². The smallest absolute Gasteiger partial charge is 0.407 e. The van der Waals surface area contributed by atoms with Gasteiger partial charge in [-0.3, -0.25) is 19.9 Å². The summed E-state index contributed by atoms with van der Waals surface area (Å²) in [7, 11) is 0. The number of nitrogens with one attached hydrogen (secondary N) is 1. The van der Waals surface area contributed by atoms with Crippen molar-refractivity contribution in [2.75, 3.05) is 19.7 Å². The summed E-state index contributed by atoms with van der Waals surface area (Å²) >= 11 is 0. The van der Waals surface area contributed by atoms with Crippen molar-refractivity contribution < 1.29 is 24.4 Å². The van der Waals surface area contributed by atoms with Crippen LogP contribution in [-0.2, 0) is 17.7 Å². The molecule has 1 aliphatic rings. The zero-order valence-corrected chi connectivity index (χ0v) is 16.9. The fraction of sp³-hybridized carbons (Fsp3) is 0.381. The zero-order valence-electron chi connectivity index (χ0n) is 16.9. The molecule has 0 spiro atoms. The predicted molar refractivity (Wildman–Crippen MR) is 111 cm³/mol. The Bertz CT molecular complexity index is 931. The molecule has 2 amide bonds. The number of rotatable bonds is 9. The Hall–Kier alpha value is -3.53. The number of hydrogen-bond acceptors (Lipinski definition) is 6. The predicted octanol–water partition coefficient (Wildman–Crippen LogP) is 2.62. The highest BCUT2D eigenvalue weighted by Gasteiger charge is 2.23. The summed E-state index contributed by atoms with van der Waals surface area (Å²) in [6.07, 6.45) is 2.58. The minimum absolute atomic E-state index is 0.0403. The lowest BCUT2D eigenvalue weighted by Crippen LogP contribution is -2.32. The summed E-state index contributed by atoms with van der Waals surface area (Å²) in [6, 6.07) is 9.43. The number of pyridine rings is 1.